The molecule has 4 aromatic rings. The fraction of sp³-hybridized carbons (Fsp3) is 0.343. The van der Waals surface area contributed by atoms with E-state index in [9.17, 15) is 18.8 Å². The van der Waals surface area contributed by atoms with Crippen LogP contribution in [0.4, 0.5) is 10.1 Å². The number of H-pyrrole nitrogens is 1. The number of aromatic nitrogens is 1. The largest absolute Gasteiger partial charge is 0.361 e. The Morgan fingerprint density at radius 3 is 2.52 bits per heavy atom. The molecule has 2 atom stereocenters. The number of aromatic amines is 1. The topological polar surface area (TPSA) is 97.5 Å². The van der Waals surface area contributed by atoms with Crippen molar-refractivity contribution in [3.8, 4) is 0 Å². The van der Waals surface area contributed by atoms with E-state index >= 15 is 0 Å². The zero-order chi connectivity index (χ0) is 30.6. The third-order valence-corrected chi connectivity index (χ3v) is 8.93. The van der Waals surface area contributed by atoms with Crippen LogP contribution >= 0.6 is 0 Å². The van der Waals surface area contributed by atoms with E-state index in [1.54, 1.807) is 28.0 Å². The summed E-state index contributed by atoms with van der Waals surface area (Å²) < 4.78 is 14.2. The number of hydrogen-bond acceptors (Lipinski definition) is 4. The van der Waals surface area contributed by atoms with Gasteiger partial charge in [-0.3, -0.25) is 14.4 Å². The Morgan fingerprint density at radius 2 is 1.75 bits per heavy atom. The third-order valence-electron chi connectivity index (χ3n) is 8.93. The van der Waals surface area contributed by atoms with Crippen LogP contribution in [0.25, 0.3) is 10.9 Å². The molecular weight excluding hydrogens is 557 g/mol. The van der Waals surface area contributed by atoms with Crippen LogP contribution in [0.2, 0.25) is 0 Å². The van der Waals surface area contributed by atoms with Crippen molar-refractivity contribution in [2.75, 3.05) is 38.1 Å². The average molecular weight is 596 g/mol. The van der Waals surface area contributed by atoms with E-state index in [-0.39, 0.29) is 35.4 Å². The Hall–Kier alpha value is -4.50. The summed E-state index contributed by atoms with van der Waals surface area (Å²) in [6.07, 6.45) is 3.91. The van der Waals surface area contributed by atoms with E-state index in [2.05, 4.69) is 15.6 Å². The molecule has 0 aliphatic carbocycles. The molecule has 2 aliphatic heterocycles. The normalized spacial score (nSPS) is 17.7. The number of carbonyl (C=O) groups is 3. The SMILES string of the molecule is CNCC1Cc2cc(F)ccc2N(C(=O)[C@@H](Cc2c[nH]c3ccccc23)NC(=O)C2CCN(C(=O)c3ccccc3)CC2)C1. The fourth-order valence-electron chi connectivity index (χ4n) is 6.65. The number of fused-ring (bicyclic) bond motifs is 2. The quantitative estimate of drug-likeness (QED) is 0.283. The van der Waals surface area contributed by atoms with Crippen molar-refractivity contribution in [3.63, 3.8) is 0 Å². The number of hydrogen-bond donors (Lipinski definition) is 3. The number of likely N-dealkylation sites (tertiary alicyclic amines) is 1. The molecule has 0 saturated carbocycles. The highest BCUT2D eigenvalue weighted by Gasteiger charge is 2.36. The van der Waals surface area contributed by atoms with Crippen molar-refractivity contribution in [1.82, 2.24) is 20.5 Å². The summed E-state index contributed by atoms with van der Waals surface area (Å²) >= 11 is 0. The number of amides is 3. The van der Waals surface area contributed by atoms with Crippen molar-refractivity contribution in [3.05, 3.63) is 102 Å². The summed E-state index contributed by atoms with van der Waals surface area (Å²) in [7, 11) is 1.87. The number of carbonyl (C=O) groups excluding carboxylic acids is 3. The minimum Gasteiger partial charge on any atom is -0.361 e. The second kappa shape index (κ2) is 13.0. The first-order valence-electron chi connectivity index (χ1n) is 15.4. The molecule has 3 heterocycles. The van der Waals surface area contributed by atoms with Gasteiger partial charge in [-0.15, -0.1) is 0 Å². The maximum absolute atomic E-state index is 14.4. The van der Waals surface area contributed by atoms with E-state index in [0.717, 1.165) is 22.0 Å². The summed E-state index contributed by atoms with van der Waals surface area (Å²) in [4.78, 5) is 47.9. The zero-order valence-electron chi connectivity index (χ0n) is 24.9. The molecular formula is C35H38FN5O3. The number of benzene rings is 3. The standard InChI is InChI=1S/C35H38FN5O3/c1-37-20-23-17-26-18-28(36)11-12-32(26)41(22-23)35(44)31(19-27-21-38-30-10-6-5-9-29(27)30)39-33(42)24-13-15-40(16-14-24)34(43)25-7-3-2-4-8-25/h2-12,18,21,23-24,31,37-38H,13-17,19-20,22H2,1H3,(H,39,42)/t23?,31-/m1/s1. The molecule has 3 N–H and O–H groups in total. The van der Waals surface area contributed by atoms with Crippen LogP contribution in [0, 0.1) is 17.7 Å². The second-order valence-corrected chi connectivity index (χ2v) is 11.9. The predicted molar refractivity (Wildman–Crippen MR) is 169 cm³/mol. The maximum Gasteiger partial charge on any atom is 0.253 e. The van der Waals surface area contributed by atoms with E-state index < -0.39 is 6.04 Å². The van der Waals surface area contributed by atoms with Gasteiger partial charge in [-0.05, 0) is 86.3 Å². The highest BCUT2D eigenvalue weighted by Crippen LogP contribution is 2.32. The second-order valence-electron chi connectivity index (χ2n) is 11.9. The number of anilines is 1. The van der Waals surface area contributed by atoms with Crippen LogP contribution in [0.15, 0.2) is 79.0 Å². The van der Waals surface area contributed by atoms with Gasteiger partial charge in [0.15, 0.2) is 0 Å². The van der Waals surface area contributed by atoms with Gasteiger partial charge in [-0.25, -0.2) is 4.39 Å². The van der Waals surface area contributed by atoms with Gasteiger partial charge in [-0.2, -0.15) is 0 Å². The van der Waals surface area contributed by atoms with Crippen molar-refractivity contribution < 1.29 is 18.8 Å². The molecule has 1 unspecified atom stereocenters. The Labute approximate surface area is 256 Å². The molecule has 228 valence electrons. The summed E-state index contributed by atoms with van der Waals surface area (Å²) in [5.41, 5.74) is 4.01. The molecule has 2 aliphatic rings. The molecule has 0 bridgehead atoms. The smallest absolute Gasteiger partial charge is 0.253 e. The van der Waals surface area contributed by atoms with Crippen molar-refractivity contribution >= 4 is 34.3 Å². The lowest BCUT2D eigenvalue weighted by Gasteiger charge is -2.37. The van der Waals surface area contributed by atoms with Gasteiger partial charge in [-0.1, -0.05) is 36.4 Å². The van der Waals surface area contributed by atoms with E-state index in [1.807, 2.05) is 55.7 Å². The van der Waals surface area contributed by atoms with Gasteiger partial charge in [0.25, 0.3) is 5.91 Å². The highest BCUT2D eigenvalue weighted by molar-refractivity contribution is 6.01. The molecule has 44 heavy (non-hydrogen) atoms. The predicted octanol–water partition coefficient (Wildman–Crippen LogP) is 4.31. The summed E-state index contributed by atoms with van der Waals surface area (Å²) in [6, 6.07) is 20.8. The number of rotatable bonds is 8. The monoisotopic (exact) mass is 595 g/mol. The van der Waals surface area contributed by atoms with Gasteiger partial charge >= 0.3 is 0 Å². The first-order valence-corrected chi connectivity index (χ1v) is 15.4. The third kappa shape index (κ3) is 6.24. The lowest BCUT2D eigenvalue weighted by atomic mass is 9.91. The molecule has 1 saturated heterocycles. The van der Waals surface area contributed by atoms with Gasteiger partial charge in [0, 0.05) is 60.3 Å². The Kier molecular flexibility index (Phi) is 8.74. The molecule has 8 nitrogen and oxygen atoms in total. The first kappa shape index (κ1) is 29.6. The average Bonchev–Trinajstić information content (AvgIpc) is 3.46. The van der Waals surface area contributed by atoms with Crippen LogP contribution in [0.5, 0.6) is 0 Å². The molecule has 9 heteroatoms. The Balaban J connectivity index is 1.23. The molecule has 6 rings (SSSR count). The summed E-state index contributed by atoms with van der Waals surface area (Å²) in [6.45, 7) is 2.10. The van der Waals surface area contributed by atoms with Crippen molar-refractivity contribution in [1.29, 1.82) is 0 Å². The molecule has 3 amide bonds. The maximum atomic E-state index is 14.4. The lowest BCUT2D eigenvalue weighted by molar-refractivity contribution is -0.131. The Bertz CT molecular complexity index is 1650. The van der Waals surface area contributed by atoms with E-state index in [4.69, 9.17) is 0 Å². The van der Waals surface area contributed by atoms with Crippen LogP contribution in [-0.2, 0) is 22.4 Å². The molecule has 0 radical (unpaired) electrons. The van der Waals surface area contributed by atoms with Crippen LogP contribution in [0.3, 0.4) is 0 Å². The van der Waals surface area contributed by atoms with Gasteiger partial charge in [0.1, 0.15) is 11.9 Å². The molecule has 3 aromatic carbocycles. The van der Waals surface area contributed by atoms with Gasteiger partial charge in [0.05, 0.1) is 0 Å². The summed E-state index contributed by atoms with van der Waals surface area (Å²) in [5.74, 6) is -0.968. The number of halogens is 1. The fourth-order valence-corrected chi connectivity index (χ4v) is 6.65. The lowest BCUT2D eigenvalue weighted by Crippen LogP contribution is -2.54. The van der Waals surface area contributed by atoms with Crippen LogP contribution < -0.4 is 15.5 Å². The van der Waals surface area contributed by atoms with E-state index in [1.165, 1.54) is 12.1 Å². The number of nitrogens with zero attached hydrogens (tertiary/aromatic N) is 2. The molecule has 1 aromatic heterocycles. The van der Waals surface area contributed by atoms with Crippen LogP contribution in [0.1, 0.15) is 34.3 Å². The number of nitrogens with one attached hydrogen (secondary N) is 3. The van der Waals surface area contributed by atoms with Crippen molar-refractivity contribution in [2.24, 2.45) is 11.8 Å². The highest BCUT2D eigenvalue weighted by atomic mass is 19.1. The number of piperidine rings is 1. The summed E-state index contributed by atoms with van der Waals surface area (Å²) in [5, 5.41) is 7.31. The zero-order valence-corrected chi connectivity index (χ0v) is 24.9. The van der Waals surface area contributed by atoms with Crippen molar-refractivity contribution in [2.45, 2.75) is 31.7 Å². The molecule has 1 fully saturated rings. The van der Waals surface area contributed by atoms with Gasteiger partial charge < -0.3 is 25.4 Å². The minimum atomic E-state index is -0.822. The first-order chi connectivity index (χ1) is 21.4. The molecule has 0 spiro atoms. The Morgan fingerprint density at radius 1 is 1.00 bits per heavy atom. The number of para-hydroxylation sites is 1. The van der Waals surface area contributed by atoms with Gasteiger partial charge in [0.2, 0.25) is 11.8 Å². The van der Waals surface area contributed by atoms with Crippen LogP contribution in [-0.4, -0.2) is 66.9 Å². The minimum absolute atomic E-state index is 0.0341. The van der Waals surface area contributed by atoms with E-state index in [0.29, 0.717) is 63.1 Å².